The molecule has 7 heteroatoms. The van der Waals surface area contributed by atoms with Crippen molar-refractivity contribution in [2.45, 2.75) is 13.1 Å². The number of ketones is 1. The van der Waals surface area contributed by atoms with Crippen LogP contribution in [0.3, 0.4) is 0 Å². The summed E-state index contributed by atoms with van der Waals surface area (Å²) in [6, 6.07) is 14.1. The van der Waals surface area contributed by atoms with Crippen molar-refractivity contribution in [1.82, 2.24) is 10.6 Å². The highest BCUT2D eigenvalue weighted by Gasteiger charge is 2.14. The SMILES string of the molecule is COc1ccc(CNC(=O)NCc2ccc(C(=O)c3ccco3)s2)cc1. The Bertz CT molecular complexity index is 869. The van der Waals surface area contributed by atoms with Crippen molar-refractivity contribution >= 4 is 23.2 Å². The summed E-state index contributed by atoms with van der Waals surface area (Å²) in [5, 5.41) is 5.57. The van der Waals surface area contributed by atoms with Crippen LogP contribution >= 0.6 is 11.3 Å². The molecule has 0 saturated heterocycles. The van der Waals surface area contributed by atoms with E-state index in [0.717, 1.165) is 16.2 Å². The summed E-state index contributed by atoms with van der Waals surface area (Å²) in [7, 11) is 1.61. The second kappa shape index (κ2) is 8.35. The van der Waals surface area contributed by atoms with Gasteiger partial charge in [-0.05, 0) is 42.0 Å². The summed E-state index contributed by atoms with van der Waals surface area (Å²) >= 11 is 1.33. The van der Waals surface area contributed by atoms with Gasteiger partial charge in [-0.15, -0.1) is 11.3 Å². The summed E-state index contributed by atoms with van der Waals surface area (Å²) in [6.07, 6.45) is 1.47. The number of urea groups is 1. The lowest BCUT2D eigenvalue weighted by atomic mass is 10.2. The predicted molar refractivity (Wildman–Crippen MR) is 98.5 cm³/mol. The highest BCUT2D eigenvalue weighted by Crippen LogP contribution is 2.20. The molecule has 1 aromatic carbocycles. The minimum absolute atomic E-state index is 0.157. The van der Waals surface area contributed by atoms with Crippen molar-refractivity contribution in [2.24, 2.45) is 0 Å². The monoisotopic (exact) mass is 370 g/mol. The van der Waals surface area contributed by atoms with E-state index in [4.69, 9.17) is 9.15 Å². The third kappa shape index (κ3) is 4.52. The number of carbonyl (C=O) groups excluding carboxylic acids is 2. The van der Waals surface area contributed by atoms with Gasteiger partial charge in [-0.1, -0.05) is 12.1 Å². The van der Waals surface area contributed by atoms with E-state index in [0.29, 0.717) is 23.7 Å². The van der Waals surface area contributed by atoms with Crippen molar-refractivity contribution in [3.05, 3.63) is 75.9 Å². The van der Waals surface area contributed by atoms with E-state index >= 15 is 0 Å². The number of benzene rings is 1. The zero-order valence-corrected chi connectivity index (χ0v) is 15.0. The zero-order valence-electron chi connectivity index (χ0n) is 14.2. The van der Waals surface area contributed by atoms with E-state index in [1.54, 1.807) is 25.3 Å². The van der Waals surface area contributed by atoms with Gasteiger partial charge in [0, 0.05) is 11.4 Å². The maximum absolute atomic E-state index is 12.2. The Morgan fingerprint density at radius 3 is 2.50 bits per heavy atom. The number of furan rings is 1. The van der Waals surface area contributed by atoms with Gasteiger partial charge in [0.05, 0.1) is 24.8 Å². The Morgan fingerprint density at radius 1 is 1.04 bits per heavy atom. The maximum Gasteiger partial charge on any atom is 0.315 e. The second-order valence-electron chi connectivity index (χ2n) is 5.46. The van der Waals surface area contributed by atoms with Gasteiger partial charge in [-0.25, -0.2) is 4.79 Å². The average molecular weight is 370 g/mol. The number of carbonyl (C=O) groups is 2. The molecule has 6 nitrogen and oxygen atoms in total. The molecule has 0 fully saturated rings. The van der Waals surface area contributed by atoms with Gasteiger partial charge in [0.2, 0.25) is 5.78 Å². The zero-order chi connectivity index (χ0) is 18.4. The van der Waals surface area contributed by atoms with Crippen LogP contribution in [0, 0.1) is 0 Å². The quantitative estimate of drug-likeness (QED) is 0.623. The maximum atomic E-state index is 12.2. The first-order chi connectivity index (χ1) is 12.7. The third-order valence-corrected chi connectivity index (χ3v) is 4.75. The van der Waals surface area contributed by atoms with E-state index < -0.39 is 0 Å². The first kappa shape index (κ1) is 17.8. The van der Waals surface area contributed by atoms with Gasteiger partial charge in [-0.2, -0.15) is 0 Å². The molecule has 2 aromatic heterocycles. The average Bonchev–Trinajstić information content (AvgIpc) is 3.36. The lowest BCUT2D eigenvalue weighted by molar-refractivity contribution is 0.101. The number of rotatable bonds is 7. The van der Waals surface area contributed by atoms with Crippen molar-refractivity contribution in [1.29, 1.82) is 0 Å². The largest absolute Gasteiger partial charge is 0.497 e. The van der Waals surface area contributed by atoms with Crippen molar-refractivity contribution in [3.63, 3.8) is 0 Å². The number of ether oxygens (including phenoxy) is 1. The highest BCUT2D eigenvalue weighted by atomic mass is 32.1. The summed E-state index contributed by atoms with van der Waals surface area (Å²) in [6.45, 7) is 0.771. The molecule has 0 aliphatic rings. The second-order valence-corrected chi connectivity index (χ2v) is 6.63. The molecule has 2 amide bonds. The van der Waals surface area contributed by atoms with Gasteiger partial charge in [0.15, 0.2) is 5.76 Å². The molecule has 0 atom stereocenters. The molecule has 2 heterocycles. The van der Waals surface area contributed by atoms with Crippen molar-refractivity contribution in [3.8, 4) is 5.75 Å². The van der Waals surface area contributed by atoms with Crippen LogP contribution in [-0.2, 0) is 13.1 Å². The van der Waals surface area contributed by atoms with Gasteiger partial charge < -0.3 is 19.8 Å². The Balaban J connectivity index is 1.46. The van der Waals surface area contributed by atoms with Crippen LogP contribution < -0.4 is 15.4 Å². The first-order valence-corrected chi connectivity index (χ1v) is 8.79. The van der Waals surface area contributed by atoms with E-state index in [1.807, 2.05) is 30.3 Å². The summed E-state index contributed by atoms with van der Waals surface area (Å²) in [5.41, 5.74) is 0.975. The van der Waals surface area contributed by atoms with Gasteiger partial charge in [-0.3, -0.25) is 4.79 Å². The predicted octanol–water partition coefficient (Wildman–Crippen LogP) is 3.58. The molecule has 0 aliphatic carbocycles. The van der Waals surface area contributed by atoms with Crippen LogP contribution in [0.2, 0.25) is 0 Å². The minimum atomic E-state index is -0.270. The number of thiophene rings is 1. The fraction of sp³-hybridized carbons (Fsp3) is 0.158. The van der Waals surface area contributed by atoms with Crippen molar-refractivity contribution < 1.29 is 18.7 Å². The summed E-state index contributed by atoms with van der Waals surface area (Å²) in [5.74, 6) is 0.926. The molecule has 134 valence electrons. The van der Waals surface area contributed by atoms with Crippen LogP contribution in [-0.4, -0.2) is 18.9 Å². The number of nitrogens with one attached hydrogen (secondary N) is 2. The van der Waals surface area contributed by atoms with Crippen LogP contribution in [0.15, 0.2) is 59.2 Å². The highest BCUT2D eigenvalue weighted by molar-refractivity contribution is 7.14. The fourth-order valence-electron chi connectivity index (χ4n) is 2.28. The molecule has 0 spiro atoms. The molecule has 2 N–H and O–H groups in total. The van der Waals surface area contributed by atoms with Crippen LogP contribution in [0.1, 0.15) is 25.9 Å². The van der Waals surface area contributed by atoms with Crippen molar-refractivity contribution in [2.75, 3.05) is 7.11 Å². The summed E-state index contributed by atoms with van der Waals surface area (Å²) in [4.78, 5) is 25.6. The van der Waals surface area contributed by atoms with E-state index in [1.165, 1.54) is 17.6 Å². The smallest absolute Gasteiger partial charge is 0.315 e. The molecule has 0 saturated carbocycles. The standard InChI is InChI=1S/C19H18N2O4S/c1-24-14-6-4-13(5-7-14)11-20-19(23)21-12-15-8-9-17(26-15)18(22)16-3-2-10-25-16/h2-10H,11-12H2,1H3,(H2,20,21,23). The summed E-state index contributed by atoms with van der Waals surface area (Å²) < 4.78 is 10.2. The Hall–Kier alpha value is -3.06. The number of hydrogen-bond donors (Lipinski definition) is 2. The molecule has 0 unspecified atom stereocenters. The molecule has 3 aromatic rings. The Kier molecular flexibility index (Phi) is 5.70. The van der Waals surface area contributed by atoms with Crippen LogP contribution in [0.4, 0.5) is 4.79 Å². The van der Waals surface area contributed by atoms with E-state index in [-0.39, 0.29) is 11.8 Å². The van der Waals surface area contributed by atoms with E-state index in [2.05, 4.69) is 10.6 Å². The molecular weight excluding hydrogens is 352 g/mol. The van der Waals surface area contributed by atoms with Gasteiger partial charge in [0.25, 0.3) is 0 Å². The molecule has 3 rings (SSSR count). The molecular formula is C19H18N2O4S. The Morgan fingerprint density at radius 2 is 1.81 bits per heavy atom. The number of methoxy groups -OCH3 is 1. The first-order valence-electron chi connectivity index (χ1n) is 7.97. The molecule has 0 aliphatic heterocycles. The lowest BCUT2D eigenvalue weighted by Crippen LogP contribution is -2.34. The van der Waals surface area contributed by atoms with Crippen LogP contribution in [0.25, 0.3) is 0 Å². The van der Waals surface area contributed by atoms with Crippen LogP contribution in [0.5, 0.6) is 5.75 Å². The molecule has 26 heavy (non-hydrogen) atoms. The fourth-order valence-corrected chi connectivity index (χ4v) is 3.17. The topological polar surface area (TPSA) is 80.6 Å². The van der Waals surface area contributed by atoms with Gasteiger partial charge >= 0.3 is 6.03 Å². The van der Waals surface area contributed by atoms with E-state index in [9.17, 15) is 9.59 Å². The lowest BCUT2D eigenvalue weighted by Gasteiger charge is -2.07. The molecule has 0 radical (unpaired) electrons. The number of amides is 2. The normalized spacial score (nSPS) is 10.3. The number of hydrogen-bond acceptors (Lipinski definition) is 5. The molecule has 0 bridgehead atoms. The Labute approximate surface area is 154 Å². The third-order valence-electron chi connectivity index (χ3n) is 3.67. The van der Waals surface area contributed by atoms with Gasteiger partial charge in [0.1, 0.15) is 5.75 Å². The minimum Gasteiger partial charge on any atom is -0.497 e.